The summed E-state index contributed by atoms with van der Waals surface area (Å²) in [6.07, 6.45) is 4.67. The molecule has 0 aliphatic heterocycles. The molecule has 1 amide bonds. The fourth-order valence-electron chi connectivity index (χ4n) is 3.03. The molecule has 3 rings (SSSR count). The predicted octanol–water partition coefficient (Wildman–Crippen LogP) is 2.27. The van der Waals surface area contributed by atoms with Crippen LogP contribution in [0.1, 0.15) is 11.4 Å². The van der Waals surface area contributed by atoms with E-state index in [0.717, 1.165) is 27.6 Å². The van der Waals surface area contributed by atoms with Gasteiger partial charge in [0.15, 0.2) is 0 Å². The molecule has 1 aromatic heterocycles. The van der Waals surface area contributed by atoms with Crippen molar-refractivity contribution in [1.29, 1.82) is 0 Å². The zero-order valence-electron chi connectivity index (χ0n) is 17.1. The molecule has 158 valence electrons. The number of nitrogens with one attached hydrogen (secondary N) is 1. The number of imidazole rings is 1. The van der Waals surface area contributed by atoms with E-state index in [1.54, 1.807) is 30.5 Å². The van der Waals surface area contributed by atoms with Gasteiger partial charge in [-0.3, -0.25) is 9.10 Å². The first kappa shape index (κ1) is 21.4. The summed E-state index contributed by atoms with van der Waals surface area (Å²) in [5.74, 6) is 0.843. The SMILES string of the molecule is COc1ccccc1N(CC(=O)NCc1ccc(-n2ccnc2C)cc1)S(C)(=O)=O. The van der Waals surface area contributed by atoms with E-state index < -0.39 is 15.9 Å². The van der Waals surface area contributed by atoms with Crippen LogP contribution in [0.3, 0.4) is 0 Å². The number of hydrogen-bond acceptors (Lipinski definition) is 5. The van der Waals surface area contributed by atoms with Crippen LogP contribution < -0.4 is 14.4 Å². The number of rotatable bonds is 8. The number of aryl methyl sites for hydroxylation is 1. The standard InChI is InChI=1S/C21H24N4O4S/c1-16-22-12-13-24(16)18-10-8-17(9-11-18)14-23-21(26)15-25(30(3,27)28)19-6-4-5-7-20(19)29-2/h4-13H,14-15H2,1-3H3,(H,23,26). The van der Waals surface area contributed by atoms with E-state index in [0.29, 0.717) is 11.4 Å². The second kappa shape index (κ2) is 9.00. The van der Waals surface area contributed by atoms with Gasteiger partial charge in [-0.2, -0.15) is 0 Å². The van der Waals surface area contributed by atoms with Crippen LogP contribution >= 0.6 is 0 Å². The van der Waals surface area contributed by atoms with Gasteiger partial charge in [0.25, 0.3) is 0 Å². The van der Waals surface area contributed by atoms with E-state index in [1.807, 2.05) is 42.0 Å². The molecule has 0 spiro atoms. The Morgan fingerprint density at radius 2 is 1.87 bits per heavy atom. The zero-order chi connectivity index (χ0) is 21.7. The van der Waals surface area contributed by atoms with E-state index >= 15 is 0 Å². The van der Waals surface area contributed by atoms with Crippen LogP contribution in [0.25, 0.3) is 5.69 Å². The molecule has 0 saturated carbocycles. The molecule has 30 heavy (non-hydrogen) atoms. The monoisotopic (exact) mass is 428 g/mol. The van der Waals surface area contributed by atoms with Crippen LogP contribution in [-0.2, 0) is 21.4 Å². The van der Waals surface area contributed by atoms with Gasteiger partial charge in [0.1, 0.15) is 18.1 Å². The number of hydrogen-bond donors (Lipinski definition) is 1. The van der Waals surface area contributed by atoms with Crippen LogP contribution in [0.2, 0.25) is 0 Å². The normalized spacial score (nSPS) is 11.2. The number of para-hydroxylation sites is 2. The molecule has 8 nitrogen and oxygen atoms in total. The van der Waals surface area contributed by atoms with Crippen molar-refractivity contribution in [3.05, 3.63) is 72.3 Å². The minimum Gasteiger partial charge on any atom is -0.495 e. The number of sulfonamides is 1. The minimum atomic E-state index is -3.68. The van der Waals surface area contributed by atoms with Crippen LogP contribution in [0, 0.1) is 6.92 Å². The molecule has 1 heterocycles. The Kier molecular flexibility index (Phi) is 6.41. The lowest BCUT2D eigenvalue weighted by Crippen LogP contribution is -2.40. The first-order valence-corrected chi connectivity index (χ1v) is 11.1. The summed E-state index contributed by atoms with van der Waals surface area (Å²) in [5, 5.41) is 2.77. The summed E-state index contributed by atoms with van der Waals surface area (Å²) in [4.78, 5) is 16.7. The molecule has 0 aliphatic carbocycles. The third-order valence-corrected chi connectivity index (χ3v) is 5.70. The number of anilines is 1. The van der Waals surface area contributed by atoms with E-state index in [4.69, 9.17) is 4.74 Å². The van der Waals surface area contributed by atoms with Gasteiger partial charge in [-0.15, -0.1) is 0 Å². The number of amides is 1. The highest BCUT2D eigenvalue weighted by atomic mass is 32.2. The Labute approximate surface area is 176 Å². The largest absolute Gasteiger partial charge is 0.495 e. The van der Waals surface area contributed by atoms with Gasteiger partial charge in [0, 0.05) is 24.6 Å². The number of carbonyl (C=O) groups excluding carboxylic acids is 1. The third kappa shape index (κ3) is 4.98. The van der Waals surface area contributed by atoms with Gasteiger partial charge >= 0.3 is 0 Å². The summed E-state index contributed by atoms with van der Waals surface area (Å²) in [6, 6.07) is 14.4. The van der Waals surface area contributed by atoms with Crippen molar-refractivity contribution in [1.82, 2.24) is 14.9 Å². The maximum absolute atomic E-state index is 12.5. The Bertz CT molecular complexity index is 1120. The molecule has 0 atom stereocenters. The second-order valence-corrected chi connectivity index (χ2v) is 8.64. The smallest absolute Gasteiger partial charge is 0.241 e. The Hall–Kier alpha value is -3.33. The van der Waals surface area contributed by atoms with Crippen LogP contribution in [0.15, 0.2) is 60.9 Å². The first-order chi connectivity index (χ1) is 14.3. The molecule has 3 aromatic rings. The summed E-state index contributed by atoms with van der Waals surface area (Å²) in [5.41, 5.74) is 2.19. The van der Waals surface area contributed by atoms with Gasteiger partial charge < -0.3 is 14.6 Å². The summed E-state index contributed by atoms with van der Waals surface area (Å²) in [6.45, 7) is 1.86. The van der Waals surface area contributed by atoms with Crippen LogP contribution in [0.4, 0.5) is 5.69 Å². The zero-order valence-corrected chi connectivity index (χ0v) is 17.9. The number of nitrogens with zero attached hydrogens (tertiary/aromatic N) is 3. The molecule has 2 aromatic carbocycles. The molecule has 1 N–H and O–H groups in total. The van der Waals surface area contributed by atoms with Crippen molar-refractivity contribution in [2.45, 2.75) is 13.5 Å². The lowest BCUT2D eigenvalue weighted by molar-refractivity contribution is -0.119. The maximum atomic E-state index is 12.5. The maximum Gasteiger partial charge on any atom is 0.241 e. The van der Waals surface area contributed by atoms with E-state index in [1.165, 1.54) is 7.11 Å². The molecular weight excluding hydrogens is 404 g/mol. The van der Waals surface area contributed by atoms with Crippen molar-refractivity contribution in [3.63, 3.8) is 0 Å². The van der Waals surface area contributed by atoms with Crippen molar-refractivity contribution in [3.8, 4) is 11.4 Å². The molecule has 0 saturated heterocycles. The Balaban J connectivity index is 1.67. The van der Waals surface area contributed by atoms with E-state index in [9.17, 15) is 13.2 Å². The molecule has 0 radical (unpaired) electrons. The summed E-state index contributed by atoms with van der Waals surface area (Å²) < 4.78 is 32.8. The van der Waals surface area contributed by atoms with E-state index in [-0.39, 0.29) is 13.1 Å². The van der Waals surface area contributed by atoms with Gasteiger partial charge in [-0.1, -0.05) is 24.3 Å². The molecule has 0 aliphatic rings. The highest BCUT2D eigenvalue weighted by Crippen LogP contribution is 2.29. The van der Waals surface area contributed by atoms with Gasteiger partial charge in [0.2, 0.25) is 15.9 Å². The van der Waals surface area contributed by atoms with Crippen molar-refractivity contribution in [2.24, 2.45) is 0 Å². The van der Waals surface area contributed by atoms with E-state index in [2.05, 4.69) is 10.3 Å². The quantitative estimate of drug-likeness (QED) is 0.594. The van der Waals surface area contributed by atoms with Crippen molar-refractivity contribution >= 4 is 21.6 Å². The molecule has 0 bridgehead atoms. The number of aromatic nitrogens is 2. The fraction of sp³-hybridized carbons (Fsp3) is 0.238. The Morgan fingerprint density at radius 1 is 1.17 bits per heavy atom. The summed E-state index contributed by atoms with van der Waals surface area (Å²) >= 11 is 0. The molecule has 0 unspecified atom stereocenters. The highest BCUT2D eigenvalue weighted by molar-refractivity contribution is 7.92. The summed E-state index contributed by atoms with van der Waals surface area (Å²) in [7, 11) is -2.23. The van der Waals surface area contributed by atoms with Crippen molar-refractivity contribution < 1.29 is 17.9 Å². The van der Waals surface area contributed by atoms with Gasteiger partial charge in [-0.25, -0.2) is 13.4 Å². The lowest BCUT2D eigenvalue weighted by Gasteiger charge is -2.23. The average molecular weight is 429 g/mol. The minimum absolute atomic E-state index is 0.283. The number of benzene rings is 2. The van der Waals surface area contributed by atoms with Crippen LogP contribution in [-0.4, -0.2) is 43.8 Å². The number of methoxy groups -OCH3 is 1. The number of carbonyl (C=O) groups is 1. The Morgan fingerprint density at radius 3 is 2.47 bits per heavy atom. The lowest BCUT2D eigenvalue weighted by atomic mass is 10.2. The second-order valence-electron chi connectivity index (χ2n) is 6.73. The van der Waals surface area contributed by atoms with Crippen molar-refractivity contribution in [2.75, 3.05) is 24.2 Å². The first-order valence-electron chi connectivity index (χ1n) is 9.26. The molecule has 0 fully saturated rings. The predicted molar refractivity (Wildman–Crippen MR) is 115 cm³/mol. The van der Waals surface area contributed by atoms with Gasteiger partial charge in [0.05, 0.1) is 19.1 Å². The topological polar surface area (TPSA) is 93.5 Å². The van der Waals surface area contributed by atoms with Crippen LogP contribution in [0.5, 0.6) is 5.75 Å². The average Bonchev–Trinajstić information content (AvgIpc) is 3.16. The van der Waals surface area contributed by atoms with Gasteiger partial charge in [-0.05, 0) is 36.8 Å². The highest BCUT2D eigenvalue weighted by Gasteiger charge is 2.23. The number of ether oxygens (including phenoxy) is 1. The molecular formula is C21H24N4O4S. The molecule has 9 heteroatoms. The third-order valence-electron chi connectivity index (χ3n) is 4.57. The fourth-order valence-corrected chi connectivity index (χ4v) is 3.89.